The molecule has 25 heavy (non-hydrogen) atoms. The minimum Gasteiger partial charge on any atom is -0.389 e. The molecule has 0 spiro atoms. The molecule has 1 N–H and O–H groups in total. The lowest BCUT2D eigenvalue weighted by molar-refractivity contribution is 0.0113. The zero-order valence-corrected chi connectivity index (χ0v) is 15.5. The minimum atomic E-state index is -0.416. The van der Waals surface area contributed by atoms with Gasteiger partial charge in [-0.15, -0.1) is 11.3 Å². The monoisotopic (exact) mass is 360 g/mol. The van der Waals surface area contributed by atoms with Gasteiger partial charge in [0, 0.05) is 31.1 Å². The summed E-state index contributed by atoms with van der Waals surface area (Å²) in [6.45, 7) is 6.95. The summed E-state index contributed by atoms with van der Waals surface area (Å²) in [4.78, 5) is 6.08. The first-order chi connectivity index (χ1) is 12.3. The lowest BCUT2D eigenvalue weighted by Gasteiger charge is -2.24. The molecule has 1 saturated heterocycles. The highest BCUT2D eigenvalue weighted by Crippen LogP contribution is 2.11. The number of aliphatic hydroxyl groups is 1. The molecule has 1 atom stereocenters. The molecule has 136 valence electrons. The Morgan fingerprint density at radius 1 is 1.00 bits per heavy atom. The average molecular weight is 361 g/mol. The maximum absolute atomic E-state index is 10.2. The molecule has 2 heterocycles. The van der Waals surface area contributed by atoms with Gasteiger partial charge in [-0.25, -0.2) is 0 Å². The van der Waals surface area contributed by atoms with Crippen molar-refractivity contribution in [2.24, 2.45) is 0 Å². The van der Waals surface area contributed by atoms with Crippen LogP contribution in [0.1, 0.15) is 16.9 Å². The Labute approximate surface area is 154 Å². The third kappa shape index (κ3) is 6.53. The normalized spacial score (nSPS) is 18.1. The van der Waals surface area contributed by atoms with Gasteiger partial charge in [0.2, 0.25) is 0 Å². The van der Waals surface area contributed by atoms with Gasteiger partial charge < -0.3 is 9.84 Å². The van der Waals surface area contributed by atoms with E-state index in [1.165, 1.54) is 10.4 Å². The fourth-order valence-electron chi connectivity index (χ4n) is 3.25. The van der Waals surface area contributed by atoms with Gasteiger partial charge in [0.05, 0.1) is 19.3 Å². The molecule has 3 rings (SSSR count). The largest absolute Gasteiger partial charge is 0.389 e. The fraction of sp³-hybridized carbons (Fsp3) is 0.500. The van der Waals surface area contributed by atoms with Gasteiger partial charge in [-0.2, -0.15) is 0 Å². The summed E-state index contributed by atoms with van der Waals surface area (Å²) in [5.41, 5.74) is 1.37. The highest BCUT2D eigenvalue weighted by atomic mass is 32.1. The fourth-order valence-corrected chi connectivity index (χ4v) is 3.89. The van der Waals surface area contributed by atoms with E-state index in [4.69, 9.17) is 4.74 Å². The van der Waals surface area contributed by atoms with Crippen LogP contribution in [0.15, 0.2) is 47.8 Å². The summed E-state index contributed by atoms with van der Waals surface area (Å²) in [5, 5.41) is 12.3. The second-order valence-corrected chi connectivity index (χ2v) is 7.70. The first-order valence-corrected chi connectivity index (χ1v) is 9.94. The van der Waals surface area contributed by atoms with Crippen LogP contribution < -0.4 is 0 Å². The second-order valence-electron chi connectivity index (χ2n) is 6.66. The zero-order chi connectivity index (χ0) is 17.3. The Kier molecular flexibility index (Phi) is 7.45. The van der Waals surface area contributed by atoms with Crippen molar-refractivity contribution in [3.05, 3.63) is 58.3 Å². The zero-order valence-electron chi connectivity index (χ0n) is 14.7. The van der Waals surface area contributed by atoms with Gasteiger partial charge in [0.1, 0.15) is 0 Å². The van der Waals surface area contributed by atoms with Crippen LogP contribution in [-0.4, -0.2) is 60.3 Å². The van der Waals surface area contributed by atoms with E-state index in [1.807, 2.05) is 11.4 Å². The Morgan fingerprint density at radius 2 is 1.80 bits per heavy atom. The van der Waals surface area contributed by atoms with Crippen molar-refractivity contribution in [3.8, 4) is 0 Å². The number of thiophene rings is 1. The first-order valence-electron chi connectivity index (χ1n) is 9.06. The average Bonchev–Trinajstić information content (AvgIpc) is 3.04. The van der Waals surface area contributed by atoms with Crippen LogP contribution in [0.4, 0.5) is 0 Å². The van der Waals surface area contributed by atoms with Crippen molar-refractivity contribution >= 4 is 11.3 Å². The number of nitrogens with zero attached hydrogens (tertiary/aromatic N) is 2. The molecule has 1 aliphatic rings. The summed E-state index contributed by atoms with van der Waals surface area (Å²) in [6, 6.07) is 14.7. The summed E-state index contributed by atoms with van der Waals surface area (Å²) < 4.78 is 5.64. The number of hydrogen-bond acceptors (Lipinski definition) is 5. The summed E-state index contributed by atoms with van der Waals surface area (Å²) >= 11 is 1.69. The number of rotatable bonds is 8. The molecule has 1 aromatic carbocycles. The number of benzene rings is 1. The lowest BCUT2D eigenvalue weighted by Crippen LogP contribution is -2.37. The molecular weight excluding hydrogens is 332 g/mol. The van der Waals surface area contributed by atoms with Crippen molar-refractivity contribution in [1.29, 1.82) is 0 Å². The van der Waals surface area contributed by atoms with Crippen LogP contribution in [0.3, 0.4) is 0 Å². The van der Waals surface area contributed by atoms with Gasteiger partial charge in [-0.3, -0.25) is 9.80 Å². The Bertz CT molecular complexity index is 591. The SMILES string of the molecule is OC(COCc1cccs1)CN1CCCN(Cc2ccccc2)CC1. The van der Waals surface area contributed by atoms with Gasteiger partial charge in [0.25, 0.3) is 0 Å². The Balaban J connectivity index is 1.36. The third-order valence-electron chi connectivity index (χ3n) is 4.53. The summed E-state index contributed by atoms with van der Waals surface area (Å²) in [5.74, 6) is 0. The molecule has 1 fully saturated rings. The van der Waals surface area contributed by atoms with Crippen LogP contribution in [0, 0.1) is 0 Å². The van der Waals surface area contributed by atoms with E-state index < -0.39 is 6.10 Å². The number of β-amino-alcohol motifs (C(OH)–C–C–N with tert-alkyl or cyclic N) is 1. The molecule has 1 unspecified atom stereocenters. The summed E-state index contributed by atoms with van der Waals surface area (Å²) in [6.07, 6.45) is 0.732. The Hall–Kier alpha value is -1.24. The maximum atomic E-state index is 10.2. The van der Waals surface area contributed by atoms with Crippen LogP contribution in [0.2, 0.25) is 0 Å². The maximum Gasteiger partial charge on any atom is 0.0900 e. The van der Waals surface area contributed by atoms with Crippen LogP contribution in [0.25, 0.3) is 0 Å². The van der Waals surface area contributed by atoms with Gasteiger partial charge in [0.15, 0.2) is 0 Å². The van der Waals surface area contributed by atoms with Crippen molar-refractivity contribution in [3.63, 3.8) is 0 Å². The number of ether oxygens (including phenoxy) is 1. The Morgan fingerprint density at radius 3 is 2.60 bits per heavy atom. The first kappa shape index (κ1) is 18.5. The van der Waals surface area contributed by atoms with E-state index in [0.29, 0.717) is 19.8 Å². The highest BCUT2D eigenvalue weighted by molar-refractivity contribution is 7.09. The minimum absolute atomic E-state index is 0.405. The molecule has 1 aliphatic heterocycles. The molecule has 0 bridgehead atoms. The van der Waals surface area contributed by atoms with Crippen molar-refractivity contribution in [2.45, 2.75) is 25.7 Å². The quantitative estimate of drug-likeness (QED) is 0.785. The number of aliphatic hydroxyl groups excluding tert-OH is 1. The van der Waals surface area contributed by atoms with Gasteiger partial charge in [-0.05, 0) is 36.5 Å². The van der Waals surface area contributed by atoms with E-state index in [0.717, 1.165) is 39.1 Å². The van der Waals surface area contributed by atoms with E-state index in [2.05, 4.69) is 46.2 Å². The lowest BCUT2D eigenvalue weighted by atomic mass is 10.2. The standard InChI is InChI=1S/C20H28N2O2S/c23-19(16-24-17-20-8-4-13-25-20)15-22-10-5-9-21(11-12-22)14-18-6-2-1-3-7-18/h1-4,6-8,13,19,23H,5,9-12,14-17H2. The van der Waals surface area contributed by atoms with E-state index in [9.17, 15) is 5.11 Å². The molecule has 0 aliphatic carbocycles. The van der Waals surface area contributed by atoms with Crippen molar-refractivity contribution in [1.82, 2.24) is 9.80 Å². The summed E-state index contributed by atoms with van der Waals surface area (Å²) in [7, 11) is 0. The smallest absolute Gasteiger partial charge is 0.0900 e. The van der Waals surface area contributed by atoms with Crippen molar-refractivity contribution < 1.29 is 9.84 Å². The van der Waals surface area contributed by atoms with E-state index >= 15 is 0 Å². The predicted molar refractivity (Wildman–Crippen MR) is 103 cm³/mol. The second kappa shape index (κ2) is 10.0. The molecule has 0 radical (unpaired) electrons. The molecule has 0 saturated carbocycles. The molecular formula is C20H28N2O2S. The highest BCUT2D eigenvalue weighted by Gasteiger charge is 2.17. The van der Waals surface area contributed by atoms with Crippen LogP contribution in [0.5, 0.6) is 0 Å². The topological polar surface area (TPSA) is 35.9 Å². The van der Waals surface area contributed by atoms with Gasteiger partial charge in [-0.1, -0.05) is 36.4 Å². The van der Waals surface area contributed by atoms with Crippen molar-refractivity contribution in [2.75, 3.05) is 39.3 Å². The molecule has 5 heteroatoms. The molecule has 1 aromatic heterocycles. The molecule has 2 aromatic rings. The van der Waals surface area contributed by atoms with Crippen LogP contribution >= 0.6 is 11.3 Å². The van der Waals surface area contributed by atoms with E-state index in [-0.39, 0.29) is 0 Å². The van der Waals surface area contributed by atoms with Gasteiger partial charge >= 0.3 is 0 Å². The predicted octanol–water partition coefficient (Wildman–Crippen LogP) is 2.83. The van der Waals surface area contributed by atoms with Crippen LogP contribution in [-0.2, 0) is 17.9 Å². The third-order valence-corrected chi connectivity index (χ3v) is 5.38. The van der Waals surface area contributed by atoms with E-state index in [1.54, 1.807) is 11.3 Å². The number of hydrogen-bond donors (Lipinski definition) is 1. The molecule has 0 amide bonds. The molecule has 4 nitrogen and oxygen atoms in total.